The van der Waals surface area contributed by atoms with Gasteiger partial charge in [-0.15, -0.1) is 0 Å². The van der Waals surface area contributed by atoms with Crippen LogP contribution < -0.4 is 4.74 Å². The van der Waals surface area contributed by atoms with Crippen molar-refractivity contribution in [2.45, 2.75) is 26.4 Å². The third kappa shape index (κ3) is 2.88. The number of rotatable bonds is 1. The Bertz CT molecular complexity index is 719. The van der Waals surface area contributed by atoms with Crippen molar-refractivity contribution in [3.05, 3.63) is 28.4 Å². The number of halogens is 3. The Morgan fingerprint density at radius 3 is 2.43 bits per heavy atom. The molecule has 0 aliphatic rings. The van der Waals surface area contributed by atoms with Gasteiger partial charge in [0.25, 0.3) is 0 Å². The summed E-state index contributed by atoms with van der Waals surface area (Å²) in [5, 5.41) is 0.0547. The maximum absolute atomic E-state index is 14.1. The number of aromatic nitrogens is 1. The molecule has 0 saturated carbocycles. The third-order valence-corrected chi connectivity index (χ3v) is 3.30. The molecule has 0 fully saturated rings. The fourth-order valence-electron chi connectivity index (χ4n) is 1.94. The maximum atomic E-state index is 14.1. The lowest BCUT2D eigenvalue weighted by molar-refractivity contribution is 0.0543. The van der Waals surface area contributed by atoms with Crippen LogP contribution in [-0.4, -0.2) is 23.4 Å². The predicted molar refractivity (Wildman–Crippen MR) is 77.7 cm³/mol. The number of methoxy groups -OCH3 is 1. The molecular formula is C14H14BrF2NO3. The first-order valence-corrected chi connectivity index (χ1v) is 6.91. The number of nitrogens with zero attached hydrogens (tertiary/aromatic N) is 1. The average molecular weight is 362 g/mol. The van der Waals surface area contributed by atoms with Gasteiger partial charge in [-0.3, -0.25) is 0 Å². The normalized spacial score (nSPS) is 11.8. The largest absolute Gasteiger partial charge is 0.492 e. The van der Waals surface area contributed by atoms with Crippen LogP contribution in [-0.2, 0) is 4.74 Å². The first kappa shape index (κ1) is 15.8. The van der Waals surface area contributed by atoms with E-state index in [9.17, 15) is 13.6 Å². The molecule has 0 amide bonds. The summed E-state index contributed by atoms with van der Waals surface area (Å²) in [6.07, 6.45) is 0.137. The number of hydrogen-bond donors (Lipinski definition) is 0. The van der Waals surface area contributed by atoms with Gasteiger partial charge in [-0.2, -0.15) is 0 Å². The summed E-state index contributed by atoms with van der Waals surface area (Å²) in [5.74, 6) is -1.61. The summed E-state index contributed by atoms with van der Waals surface area (Å²) in [6.45, 7) is 5.04. The predicted octanol–water partition coefficient (Wildman–Crippen LogP) is 4.47. The molecule has 0 N–H and O–H groups in total. The summed E-state index contributed by atoms with van der Waals surface area (Å²) in [7, 11) is 1.25. The summed E-state index contributed by atoms with van der Waals surface area (Å²) >= 11 is 3.08. The zero-order valence-electron chi connectivity index (χ0n) is 12.0. The van der Waals surface area contributed by atoms with Gasteiger partial charge in [0.05, 0.1) is 18.7 Å². The zero-order chi connectivity index (χ0) is 15.9. The Balaban J connectivity index is 2.73. The number of hydrogen-bond acceptors (Lipinski definition) is 3. The monoisotopic (exact) mass is 361 g/mol. The molecule has 2 aromatic rings. The quantitative estimate of drug-likeness (QED) is 0.751. The van der Waals surface area contributed by atoms with Gasteiger partial charge < -0.3 is 9.47 Å². The molecule has 4 nitrogen and oxygen atoms in total. The standard InChI is InChI=1S/C14H14BrF2NO3/c1-14(2,3)21-13(19)18-6-9(17)10-7(15)5-8(16)12(20-4)11(10)18/h5-6H,1-4H3. The smallest absolute Gasteiger partial charge is 0.419 e. The van der Waals surface area contributed by atoms with E-state index in [0.717, 1.165) is 16.8 Å². The highest BCUT2D eigenvalue weighted by molar-refractivity contribution is 9.10. The number of carbonyl (C=O) groups is 1. The molecule has 114 valence electrons. The molecule has 1 heterocycles. The number of benzene rings is 1. The van der Waals surface area contributed by atoms with Crippen molar-refractivity contribution in [1.29, 1.82) is 0 Å². The second kappa shape index (κ2) is 5.29. The van der Waals surface area contributed by atoms with E-state index in [1.807, 2.05) is 0 Å². The lowest BCUT2D eigenvalue weighted by Gasteiger charge is -2.20. The zero-order valence-corrected chi connectivity index (χ0v) is 13.5. The van der Waals surface area contributed by atoms with Gasteiger partial charge in [-0.1, -0.05) is 0 Å². The lowest BCUT2D eigenvalue weighted by atomic mass is 10.2. The van der Waals surface area contributed by atoms with Crippen molar-refractivity contribution in [3.8, 4) is 5.75 Å². The van der Waals surface area contributed by atoms with E-state index in [2.05, 4.69) is 15.9 Å². The van der Waals surface area contributed by atoms with Crippen molar-refractivity contribution < 1.29 is 23.0 Å². The Morgan fingerprint density at radius 2 is 1.90 bits per heavy atom. The molecule has 7 heteroatoms. The third-order valence-electron chi connectivity index (χ3n) is 2.68. The molecule has 2 rings (SSSR count). The fraction of sp³-hybridized carbons (Fsp3) is 0.357. The van der Waals surface area contributed by atoms with E-state index in [0.29, 0.717) is 0 Å². The molecule has 0 spiro atoms. The van der Waals surface area contributed by atoms with Gasteiger partial charge >= 0.3 is 6.09 Å². The molecule has 21 heavy (non-hydrogen) atoms. The average Bonchev–Trinajstić information content (AvgIpc) is 2.66. The number of carbonyl (C=O) groups excluding carboxylic acids is 1. The molecule has 0 bridgehead atoms. The van der Waals surface area contributed by atoms with Crippen LogP contribution in [0.4, 0.5) is 13.6 Å². The van der Waals surface area contributed by atoms with Gasteiger partial charge in [0.2, 0.25) is 0 Å². The SMILES string of the molecule is COc1c(F)cc(Br)c2c(F)cn(C(=O)OC(C)(C)C)c12. The minimum Gasteiger partial charge on any atom is -0.492 e. The van der Waals surface area contributed by atoms with Crippen LogP contribution in [0.25, 0.3) is 10.9 Å². The van der Waals surface area contributed by atoms with Crippen molar-refractivity contribution in [2.24, 2.45) is 0 Å². The van der Waals surface area contributed by atoms with Crippen molar-refractivity contribution >= 4 is 32.9 Å². The summed E-state index contributed by atoms with van der Waals surface area (Å²) in [6, 6.07) is 1.09. The van der Waals surface area contributed by atoms with Crippen LogP contribution in [0.2, 0.25) is 0 Å². The van der Waals surface area contributed by atoms with Crippen LogP contribution in [0.3, 0.4) is 0 Å². The first-order valence-electron chi connectivity index (χ1n) is 6.11. The van der Waals surface area contributed by atoms with E-state index in [-0.39, 0.29) is 21.1 Å². The second-order valence-corrected chi connectivity index (χ2v) is 6.28. The summed E-state index contributed by atoms with van der Waals surface area (Å²) in [5.41, 5.74) is -0.779. The van der Waals surface area contributed by atoms with Crippen LogP contribution in [0.15, 0.2) is 16.7 Å². The van der Waals surface area contributed by atoms with E-state index >= 15 is 0 Å². The van der Waals surface area contributed by atoms with Crippen molar-refractivity contribution in [2.75, 3.05) is 7.11 Å². The highest BCUT2D eigenvalue weighted by Crippen LogP contribution is 2.37. The molecule has 0 unspecified atom stereocenters. The van der Waals surface area contributed by atoms with Crippen LogP contribution in [0.5, 0.6) is 5.75 Å². The van der Waals surface area contributed by atoms with Gasteiger partial charge in [0.15, 0.2) is 17.4 Å². The molecule has 0 aliphatic carbocycles. The second-order valence-electron chi connectivity index (χ2n) is 5.42. The summed E-state index contributed by atoms with van der Waals surface area (Å²) in [4.78, 5) is 12.2. The highest BCUT2D eigenvalue weighted by Gasteiger charge is 2.26. The van der Waals surface area contributed by atoms with Crippen LogP contribution >= 0.6 is 15.9 Å². The first-order chi connectivity index (χ1) is 9.65. The van der Waals surface area contributed by atoms with Crippen LogP contribution in [0.1, 0.15) is 20.8 Å². The van der Waals surface area contributed by atoms with Crippen molar-refractivity contribution in [1.82, 2.24) is 4.57 Å². The maximum Gasteiger partial charge on any atom is 0.419 e. The van der Waals surface area contributed by atoms with Gasteiger partial charge in [-0.25, -0.2) is 18.1 Å². The molecule has 1 aromatic carbocycles. The van der Waals surface area contributed by atoms with Gasteiger partial charge in [0, 0.05) is 4.47 Å². The van der Waals surface area contributed by atoms with E-state index in [4.69, 9.17) is 9.47 Å². The molecule has 0 saturated heterocycles. The van der Waals surface area contributed by atoms with Gasteiger partial charge in [0.1, 0.15) is 11.1 Å². The Morgan fingerprint density at radius 1 is 1.29 bits per heavy atom. The molecular weight excluding hydrogens is 348 g/mol. The molecule has 0 atom stereocenters. The molecule has 1 aromatic heterocycles. The van der Waals surface area contributed by atoms with E-state index < -0.39 is 23.3 Å². The van der Waals surface area contributed by atoms with E-state index in [1.165, 1.54) is 7.11 Å². The minimum atomic E-state index is -0.813. The Hall–Kier alpha value is -1.63. The summed E-state index contributed by atoms with van der Waals surface area (Å²) < 4.78 is 39.2. The van der Waals surface area contributed by atoms with Crippen LogP contribution in [0, 0.1) is 11.6 Å². The van der Waals surface area contributed by atoms with Crippen molar-refractivity contribution in [3.63, 3.8) is 0 Å². The Kier molecular flexibility index (Phi) is 3.97. The number of ether oxygens (including phenoxy) is 2. The number of fused-ring (bicyclic) bond motifs is 1. The topological polar surface area (TPSA) is 40.5 Å². The van der Waals surface area contributed by atoms with E-state index in [1.54, 1.807) is 20.8 Å². The molecule has 0 radical (unpaired) electrons. The Labute approximate surface area is 128 Å². The fourth-order valence-corrected chi connectivity index (χ4v) is 2.52. The highest BCUT2D eigenvalue weighted by atomic mass is 79.9. The van der Waals surface area contributed by atoms with Gasteiger partial charge in [-0.05, 0) is 42.8 Å². The minimum absolute atomic E-state index is 0.0175. The molecule has 0 aliphatic heterocycles. The lowest BCUT2D eigenvalue weighted by Crippen LogP contribution is -2.26.